The Balaban J connectivity index is 2.04. The van der Waals surface area contributed by atoms with E-state index in [1.54, 1.807) is 4.68 Å². The summed E-state index contributed by atoms with van der Waals surface area (Å²) in [6.07, 6.45) is 1.51. The molecule has 23 heavy (non-hydrogen) atoms. The fourth-order valence-electron chi connectivity index (χ4n) is 2.18. The Morgan fingerprint density at radius 2 is 1.83 bits per heavy atom. The molecule has 0 fully saturated rings. The van der Waals surface area contributed by atoms with Gasteiger partial charge in [0.2, 0.25) is 5.91 Å². The van der Waals surface area contributed by atoms with Crippen LogP contribution in [0.5, 0.6) is 0 Å². The molecule has 2 N–H and O–H groups in total. The predicted molar refractivity (Wildman–Crippen MR) is 88.5 cm³/mol. The largest absolute Gasteiger partial charge is 0.350 e. The van der Waals surface area contributed by atoms with Crippen LogP contribution in [0.25, 0.3) is 5.69 Å². The first kappa shape index (κ1) is 16.7. The van der Waals surface area contributed by atoms with Crippen LogP contribution >= 0.6 is 0 Å². The molecule has 0 aliphatic heterocycles. The Bertz CT molecular complexity index is 699. The molecule has 0 saturated carbocycles. The molecule has 0 aliphatic rings. The van der Waals surface area contributed by atoms with Crippen LogP contribution in [0.1, 0.15) is 36.8 Å². The highest BCUT2D eigenvalue weighted by Gasteiger charge is 2.17. The standard InChI is InChI=1S/C17H22N4O2/c1-12-14(10-19-21(12)13-8-6-5-7-9-13)16(23)18-11-15(22)20-17(2,3)4/h5-10H,11H2,1-4H3,(H,18,23)(H,20,22). The molecule has 0 atom stereocenters. The van der Waals surface area contributed by atoms with Gasteiger partial charge in [-0.15, -0.1) is 0 Å². The molecule has 122 valence electrons. The number of carbonyl (C=O) groups is 2. The average molecular weight is 314 g/mol. The van der Waals surface area contributed by atoms with Crippen LogP contribution < -0.4 is 10.6 Å². The molecule has 2 aromatic rings. The number of carbonyl (C=O) groups excluding carboxylic acids is 2. The lowest BCUT2D eigenvalue weighted by atomic mass is 10.1. The van der Waals surface area contributed by atoms with Crippen LogP contribution in [-0.4, -0.2) is 33.7 Å². The van der Waals surface area contributed by atoms with E-state index in [4.69, 9.17) is 0 Å². The van der Waals surface area contributed by atoms with Crippen molar-refractivity contribution in [1.82, 2.24) is 20.4 Å². The van der Waals surface area contributed by atoms with Gasteiger partial charge in [0, 0.05) is 5.54 Å². The van der Waals surface area contributed by atoms with Crippen molar-refractivity contribution in [3.63, 3.8) is 0 Å². The van der Waals surface area contributed by atoms with Gasteiger partial charge in [0.05, 0.1) is 29.7 Å². The van der Waals surface area contributed by atoms with Crippen LogP contribution in [0.2, 0.25) is 0 Å². The van der Waals surface area contributed by atoms with Gasteiger partial charge in [-0.1, -0.05) is 18.2 Å². The van der Waals surface area contributed by atoms with Crippen molar-refractivity contribution in [3.05, 3.63) is 47.8 Å². The normalized spacial score (nSPS) is 11.1. The number of hydrogen-bond acceptors (Lipinski definition) is 3. The van der Waals surface area contributed by atoms with Gasteiger partial charge in [-0.05, 0) is 39.8 Å². The zero-order valence-electron chi connectivity index (χ0n) is 13.9. The second-order valence-corrected chi connectivity index (χ2v) is 6.37. The van der Waals surface area contributed by atoms with E-state index in [2.05, 4.69) is 15.7 Å². The molecule has 6 nitrogen and oxygen atoms in total. The molecule has 0 spiro atoms. The van der Waals surface area contributed by atoms with Crippen LogP contribution in [0.15, 0.2) is 36.5 Å². The molecular formula is C17H22N4O2. The van der Waals surface area contributed by atoms with Crippen molar-refractivity contribution in [3.8, 4) is 5.69 Å². The van der Waals surface area contributed by atoms with E-state index in [0.717, 1.165) is 11.4 Å². The van der Waals surface area contributed by atoms with E-state index < -0.39 is 0 Å². The van der Waals surface area contributed by atoms with Crippen LogP contribution in [0.3, 0.4) is 0 Å². The lowest BCUT2D eigenvalue weighted by Gasteiger charge is -2.20. The molecule has 1 aromatic heterocycles. The first-order valence-corrected chi connectivity index (χ1v) is 7.47. The Morgan fingerprint density at radius 3 is 2.43 bits per heavy atom. The SMILES string of the molecule is Cc1c(C(=O)NCC(=O)NC(C)(C)C)cnn1-c1ccccc1. The summed E-state index contributed by atoms with van der Waals surface area (Å²) in [7, 11) is 0. The minimum atomic E-state index is -0.323. The number of amides is 2. The van der Waals surface area contributed by atoms with Crippen LogP contribution in [-0.2, 0) is 4.79 Å². The third kappa shape index (κ3) is 4.42. The van der Waals surface area contributed by atoms with Crippen LogP contribution in [0.4, 0.5) is 0 Å². The van der Waals surface area contributed by atoms with E-state index in [9.17, 15) is 9.59 Å². The molecule has 1 aromatic carbocycles. The second kappa shape index (κ2) is 6.64. The van der Waals surface area contributed by atoms with Crippen molar-refractivity contribution in [2.75, 3.05) is 6.54 Å². The van der Waals surface area contributed by atoms with Gasteiger partial charge in [-0.25, -0.2) is 4.68 Å². The number of nitrogens with zero attached hydrogens (tertiary/aromatic N) is 2. The maximum Gasteiger partial charge on any atom is 0.255 e. The minimum Gasteiger partial charge on any atom is -0.350 e. The monoisotopic (exact) mass is 314 g/mol. The van der Waals surface area contributed by atoms with Crippen molar-refractivity contribution in [2.24, 2.45) is 0 Å². The fourth-order valence-corrected chi connectivity index (χ4v) is 2.18. The molecule has 0 bridgehead atoms. The Morgan fingerprint density at radius 1 is 1.17 bits per heavy atom. The van der Waals surface area contributed by atoms with Gasteiger partial charge >= 0.3 is 0 Å². The predicted octanol–water partition coefficient (Wildman–Crippen LogP) is 1.83. The van der Waals surface area contributed by atoms with Crippen LogP contribution in [0, 0.1) is 6.92 Å². The van der Waals surface area contributed by atoms with E-state index in [-0.39, 0.29) is 23.9 Å². The topological polar surface area (TPSA) is 76.0 Å². The quantitative estimate of drug-likeness (QED) is 0.904. The maximum atomic E-state index is 12.2. The van der Waals surface area contributed by atoms with E-state index in [0.29, 0.717) is 5.56 Å². The number of para-hydroxylation sites is 1. The molecule has 1 heterocycles. The van der Waals surface area contributed by atoms with Crippen molar-refractivity contribution in [1.29, 1.82) is 0 Å². The summed E-state index contributed by atoms with van der Waals surface area (Å²) in [5.41, 5.74) is 1.74. The third-order valence-corrected chi connectivity index (χ3v) is 3.18. The first-order chi connectivity index (χ1) is 10.8. The van der Waals surface area contributed by atoms with Gasteiger partial charge in [0.1, 0.15) is 0 Å². The number of nitrogens with one attached hydrogen (secondary N) is 2. The first-order valence-electron chi connectivity index (χ1n) is 7.47. The van der Waals surface area contributed by atoms with Gasteiger partial charge in [0.15, 0.2) is 0 Å². The molecule has 2 rings (SSSR count). The van der Waals surface area contributed by atoms with Gasteiger partial charge in [0.25, 0.3) is 5.91 Å². The fraction of sp³-hybridized carbons (Fsp3) is 0.353. The summed E-state index contributed by atoms with van der Waals surface area (Å²) in [5, 5.41) is 9.67. The molecular weight excluding hydrogens is 292 g/mol. The zero-order valence-corrected chi connectivity index (χ0v) is 13.9. The highest BCUT2D eigenvalue weighted by molar-refractivity contribution is 5.97. The number of aromatic nitrogens is 2. The van der Waals surface area contributed by atoms with E-state index >= 15 is 0 Å². The molecule has 0 unspecified atom stereocenters. The van der Waals surface area contributed by atoms with Gasteiger partial charge < -0.3 is 10.6 Å². The Kier molecular flexibility index (Phi) is 4.83. The summed E-state index contributed by atoms with van der Waals surface area (Å²) < 4.78 is 1.70. The summed E-state index contributed by atoms with van der Waals surface area (Å²) in [5.74, 6) is -0.535. The highest BCUT2D eigenvalue weighted by atomic mass is 16.2. The zero-order chi connectivity index (χ0) is 17.0. The highest BCUT2D eigenvalue weighted by Crippen LogP contribution is 2.13. The van der Waals surface area contributed by atoms with Gasteiger partial charge in [-0.2, -0.15) is 5.10 Å². The maximum absolute atomic E-state index is 12.2. The van der Waals surface area contributed by atoms with Crippen molar-refractivity contribution in [2.45, 2.75) is 33.2 Å². The van der Waals surface area contributed by atoms with Gasteiger partial charge in [-0.3, -0.25) is 9.59 Å². The van der Waals surface area contributed by atoms with Crippen molar-refractivity contribution >= 4 is 11.8 Å². The molecule has 0 radical (unpaired) electrons. The summed E-state index contributed by atoms with van der Waals surface area (Å²) in [4.78, 5) is 24.0. The Hall–Kier alpha value is -2.63. The third-order valence-electron chi connectivity index (χ3n) is 3.18. The number of rotatable bonds is 4. The lowest BCUT2D eigenvalue weighted by molar-refractivity contribution is -0.121. The molecule has 0 aliphatic carbocycles. The summed E-state index contributed by atoms with van der Waals surface area (Å²) >= 11 is 0. The number of benzene rings is 1. The summed E-state index contributed by atoms with van der Waals surface area (Å²) in [6.45, 7) is 7.43. The Labute approximate surface area is 135 Å². The molecule has 2 amide bonds. The minimum absolute atomic E-state index is 0.0634. The van der Waals surface area contributed by atoms with Crippen molar-refractivity contribution < 1.29 is 9.59 Å². The van der Waals surface area contributed by atoms with E-state index in [1.165, 1.54) is 6.20 Å². The molecule has 6 heteroatoms. The number of hydrogen-bond donors (Lipinski definition) is 2. The average Bonchev–Trinajstić information content (AvgIpc) is 2.86. The lowest BCUT2D eigenvalue weighted by Crippen LogP contribution is -2.45. The molecule has 0 saturated heterocycles. The summed E-state index contributed by atoms with van der Waals surface area (Å²) in [6, 6.07) is 9.57. The van der Waals surface area contributed by atoms with E-state index in [1.807, 2.05) is 58.0 Å². The second-order valence-electron chi connectivity index (χ2n) is 6.37. The smallest absolute Gasteiger partial charge is 0.255 e.